The van der Waals surface area contributed by atoms with Gasteiger partial charge in [-0.15, -0.1) is 0 Å². The number of carbonyl (C=O) groups is 5. The molecule has 2 bridgehead atoms. The third-order valence-electron chi connectivity index (χ3n) is 11.2. The molecule has 8 heteroatoms. The fourth-order valence-corrected chi connectivity index (χ4v) is 9.89. The molecule has 1 aliphatic heterocycles. The van der Waals surface area contributed by atoms with Gasteiger partial charge in [0.1, 0.15) is 12.7 Å². The minimum atomic E-state index is -0.706. The Balaban J connectivity index is 1.48. The maximum absolute atomic E-state index is 13.5. The molecule has 37 heavy (non-hydrogen) atoms. The molecule has 1 saturated heterocycles. The summed E-state index contributed by atoms with van der Waals surface area (Å²) in [5.41, 5.74) is -1.03. The standard InChI is InChI=1S/C29H34O8/c1-15(30)35-14-19(32)18-5-6-20-26(18,3)9-8-21-27(4)10-7-17(36-16(2)31)13-28(27)11-12-29(20,21)23-22(28)24(33)37-25(23)34/h8,11-12,17-18,20,22-23H,5-7,9-10,13-14H2,1-4H3/t17-,18+,20-,22+,23-,26-,27-,28-,29-/m1/s1. The fourth-order valence-electron chi connectivity index (χ4n) is 9.89. The number of hydrogen-bond donors (Lipinski definition) is 0. The summed E-state index contributed by atoms with van der Waals surface area (Å²) in [6.45, 7) is 6.77. The molecule has 0 aromatic carbocycles. The predicted octanol–water partition coefficient (Wildman–Crippen LogP) is 3.48. The minimum Gasteiger partial charge on any atom is -0.463 e. The maximum Gasteiger partial charge on any atom is 0.318 e. The van der Waals surface area contributed by atoms with E-state index >= 15 is 0 Å². The van der Waals surface area contributed by atoms with Gasteiger partial charge < -0.3 is 14.2 Å². The number of cyclic esters (lactones) is 2. The van der Waals surface area contributed by atoms with Gasteiger partial charge in [-0.05, 0) is 55.3 Å². The average molecular weight is 511 g/mol. The van der Waals surface area contributed by atoms with Crippen LogP contribution in [0.15, 0.2) is 23.8 Å². The summed E-state index contributed by atoms with van der Waals surface area (Å²) in [5, 5.41) is 0. The highest BCUT2D eigenvalue weighted by Gasteiger charge is 2.80. The normalized spacial score (nSPS) is 46.7. The van der Waals surface area contributed by atoms with E-state index in [-0.39, 0.29) is 36.3 Å². The highest BCUT2D eigenvalue weighted by atomic mass is 16.6. The Hall–Kier alpha value is -2.77. The van der Waals surface area contributed by atoms with E-state index in [9.17, 15) is 24.0 Å². The van der Waals surface area contributed by atoms with Gasteiger partial charge in [0.05, 0.1) is 11.8 Å². The molecule has 6 aliphatic carbocycles. The summed E-state index contributed by atoms with van der Waals surface area (Å²) < 4.78 is 16.1. The van der Waals surface area contributed by atoms with Crippen molar-refractivity contribution in [3.05, 3.63) is 23.8 Å². The molecule has 0 unspecified atom stereocenters. The number of ketones is 1. The Kier molecular flexibility index (Phi) is 5.07. The molecule has 4 fully saturated rings. The van der Waals surface area contributed by atoms with Crippen molar-refractivity contribution < 1.29 is 38.2 Å². The second-order valence-corrected chi connectivity index (χ2v) is 12.6. The second-order valence-electron chi connectivity index (χ2n) is 12.6. The van der Waals surface area contributed by atoms with E-state index < -0.39 is 51.4 Å². The Morgan fingerprint density at radius 1 is 1.00 bits per heavy atom. The molecule has 0 amide bonds. The molecule has 0 N–H and O–H groups in total. The van der Waals surface area contributed by atoms with Gasteiger partial charge in [0.15, 0.2) is 5.78 Å². The van der Waals surface area contributed by atoms with Crippen molar-refractivity contribution in [1.82, 2.24) is 0 Å². The van der Waals surface area contributed by atoms with Gasteiger partial charge in [-0.3, -0.25) is 24.0 Å². The van der Waals surface area contributed by atoms with Crippen molar-refractivity contribution in [3.63, 3.8) is 0 Å². The number of esters is 4. The number of carbonyl (C=O) groups excluding carboxylic acids is 5. The van der Waals surface area contributed by atoms with E-state index in [0.717, 1.165) is 12.8 Å². The first-order valence-corrected chi connectivity index (χ1v) is 13.4. The van der Waals surface area contributed by atoms with Gasteiger partial charge in [-0.25, -0.2) is 0 Å². The number of rotatable bonds is 4. The molecule has 0 aromatic heterocycles. The SMILES string of the molecule is CC(=O)OCC(=O)[C@@H]1CC[C@@H]2[C@]1(C)CC=C1[C@@]23C=C[C@@]2(C[C@H](OC(C)=O)CC[C@]12C)[C@@H]1C(=O)OC(=O)[C@@H]13. The molecule has 7 rings (SSSR count). The van der Waals surface area contributed by atoms with Crippen LogP contribution >= 0.6 is 0 Å². The quantitative estimate of drug-likeness (QED) is 0.245. The summed E-state index contributed by atoms with van der Waals surface area (Å²) in [6.07, 6.45) is 10.2. The first kappa shape index (κ1) is 24.6. The van der Waals surface area contributed by atoms with E-state index in [0.29, 0.717) is 25.7 Å². The molecular formula is C29H34O8. The van der Waals surface area contributed by atoms with Gasteiger partial charge in [-0.1, -0.05) is 37.6 Å². The number of allylic oxidation sites excluding steroid dienone is 4. The van der Waals surface area contributed by atoms with Crippen molar-refractivity contribution >= 4 is 29.7 Å². The Labute approximate surface area is 216 Å². The van der Waals surface area contributed by atoms with Crippen LogP contribution in [0.3, 0.4) is 0 Å². The highest BCUT2D eigenvalue weighted by molar-refractivity contribution is 5.99. The predicted molar refractivity (Wildman–Crippen MR) is 128 cm³/mol. The van der Waals surface area contributed by atoms with Crippen molar-refractivity contribution in [2.24, 2.45) is 45.3 Å². The van der Waals surface area contributed by atoms with E-state index in [1.54, 1.807) is 0 Å². The van der Waals surface area contributed by atoms with E-state index in [1.165, 1.54) is 19.4 Å². The smallest absolute Gasteiger partial charge is 0.318 e. The molecule has 8 nitrogen and oxygen atoms in total. The van der Waals surface area contributed by atoms with Crippen LogP contribution in [0.4, 0.5) is 0 Å². The van der Waals surface area contributed by atoms with Crippen molar-refractivity contribution in [3.8, 4) is 0 Å². The topological polar surface area (TPSA) is 113 Å². The Morgan fingerprint density at radius 2 is 1.73 bits per heavy atom. The zero-order valence-corrected chi connectivity index (χ0v) is 21.8. The van der Waals surface area contributed by atoms with Crippen LogP contribution in [0.5, 0.6) is 0 Å². The average Bonchev–Trinajstić information content (AvgIpc) is 3.34. The first-order chi connectivity index (χ1) is 17.4. The lowest BCUT2D eigenvalue weighted by Gasteiger charge is -2.71. The Morgan fingerprint density at radius 3 is 2.43 bits per heavy atom. The maximum atomic E-state index is 13.5. The van der Waals surface area contributed by atoms with Crippen LogP contribution in [-0.2, 0) is 38.2 Å². The third-order valence-corrected chi connectivity index (χ3v) is 11.2. The van der Waals surface area contributed by atoms with Gasteiger partial charge in [-0.2, -0.15) is 0 Å². The third kappa shape index (κ3) is 2.87. The minimum absolute atomic E-state index is 0.0326. The van der Waals surface area contributed by atoms with E-state index in [1.807, 2.05) is 0 Å². The molecule has 0 aromatic rings. The zero-order chi connectivity index (χ0) is 26.5. The zero-order valence-electron chi connectivity index (χ0n) is 21.8. The molecule has 2 spiro atoms. The lowest BCUT2D eigenvalue weighted by atomic mass is 9.31. The summed E-state index contributed by atoms with van der Waals surface area (Å²) in [6, 6.07) is 0. The van der Waals surface area contributed by atoms with Crippen LogP contribution in [0.25, 0.3) is 0 Å². The number of hydrogen-bond acceptors (Lipinski definition) is 8. The van der Waals surface area contributed by atoms with Crippen LogP contribution < -0.4 is 0 Å². The van der Waals surface area contributed by atoms with Crippen molar-refractivity contribution in [1.29, 1.82) is 0 Å². The van der Waals surface area contributed by atoms with E-state index in [4.69, 9.17) is 14.2 Å². The molecule has 3 saturated carbocycles. The number of ether oxygens (including phenoxy) is 3. The molecular weight excluding hydrogens is 476 g/mol. The highest BCUT2D eigenvalue weighted by Crippen LogP contribution is 2.80. The molecule has 9 atom stereocenters. The fraction of sp³-hybridized carbons (Fsp3) is 0.690. The van der Waals surface area contributed by atoms with Gasteiger partial charge >= 0.3 is 23.9 Å². The molecule has 198 valence electrons. The second kappa shape index (κ2) is 7.64. The Bertz CT molecular complexity index is 1200. The monoisotopic (exact) mass is 510 g/mol. The van der Waals surface area contributed by atoms with Crippen LogP contribution in [-0.4, -0.2) is 42.4 Å². The number of fused-ring (bicyclic) bond motifs is 1. The lowest BCUT2D eigenvalue weighted by Crippen LogP contribution is -2.69. The molecule has 0 radical (unpaired) electrons. The van der Waals surface area contributed by atoms with Crippen LogP contribution in [0, 0.1) is 45.3 Å². The van der Waals surface area contributed by atoms with Gasteiger partial charge in [0.25, 0.3) is 0 Å². The van der Waals surface area contributed by atoms with Gasteiger partial charge in [0, 0.05) is 30.6 Å². The van der Waals surface area contributed by atoms with Gasteiger partial charge in [0.2, 0.25) is 0 Å². The summed E-state index contributed by atoms with van der Waals surface area (Å²) in [5.74, 6) is -3.53. The first-order valence-electron chi connectivity index (χ1n) is 13.4. The van der Waals surface area contributed by atoms with E-state index in [2.05, 4.69) is 32.1 Å². The molecule has 7 aliphatic rings. The number of Topliss-reactive ketones (excluding diaryl/α,β-unsaturated/α-hetero) is 1. The van der Waals surface area contributed by atoms with Crippen molar-refractivity contribution in [2.75, 3.05) is 6.61 Å². The molecule has 1 heterocycles. The summed E-state index contributed by atoms with van der Waals surface area (Å²) >= 11 is 0. The van der Waals surface area contributed by atoms with Crippen LogP contribution in [0.2, 0.25) is 0 Å². The van der Waals surface area contributed by atoms with Crippen molar-refractivity contribution in [2.45, 2.75) is 72.3 Å². The summed E-state index contributed by atoms with van der Waals surface area (Å²) in [4.78, 5) is 63.2. The largest absolute Gasteiger partial charge is 0.463 e. The lowest BCUT2D eigenvalue weighted by molar-refractivity contribution is -0.175. The van der Waals surface area contributed by atoms with Crippen LogP contribution in [0.1, 0.15) is 66.2 Å². The summed E-state index contributed by atoms with van der Waals surface area (Å²) in [7, 11) is 0.